The molecule has 2 nitrogen and oxygen atoms in total. The predicted molar refractivity (Wildman–Crippen MR) is 59.4 cm³/mol. The normalized spacial score (nSPS) is 16.0. The molecule has 70 valence electrons. The van der Waals surface area contributed by atoms with Crippen molar-refractivity contribution in [3.8, 4) is 0 Å². The van der Waals surface area contributed by atoms with Crippen LogP contribution in [0.4, 0.5) is 0 Å². The molecule has 1 rings (SSSR count). The Kier molecular flexibility index (Phi) is 5.50. The number of nitrogens with zero attached hydrogens (tertiary/aromatic N) is 1. The summed E-state index contributed by atoms with van der Waals surface area (Å²) in [5.41, 5.74) is 0. The maximum Gasteiger partial charge on any atom is 0.199 e. The van der Waals surface area contributed by atoms with E-state index in [0.717, 1.165) is 18.3 Å². The van der Waals surface area contributed by atoms with E-state index in [1.165, 1.54) is 4.91 Å². The van der Waals surface area contributed by atoms with Gasteiger partial charge in [0.25, 0.3) is 0 Å². The van der Waals surface area contributed by atoms with Gasteiger partial charge < -0.3 is 9.64 Å². The van der Waals surface area contributed by atoms with Crippen LogP contribution in [0.25, 0.3) is 0 Å². The van der Waals surface area contributed by atoms with Gasteiger partial charge in [0.05, 0.1) is 13.0 Å². The molecule has 0 spiro atoms. The molecule has 0 radical (unpaired) electrons. The number of halogens is 1. The van der Waals surface area contributed by atoms with E-state index in [2.05, 4.69) is 18.4 Å². The summed E-state index contributed by atoms with van der Waals surface area (Å²) >= 11 is 1.81. The lowest BCUT2D eigenvalue weighted by atomic mass is 10.5. The van der Waals surface area contributed by atoms with Crippen LogP contribution in [-0.2, 0) is 4.74 Å². The van der Waals surface area contributed by atoms with Crippen molar-refractivity contribution < 1.29 is 4.74 Å². The van der Waals surface area contributed by atoms with E-state index in [1.807, 2.05) is 17.8 Å². The van der Waals surface area contributed by atoms with Gasteiger partial charge in [-0.05, 0) is 6.92 Å². The second-order valence-corrected chi connectivity index (χ2v) is 3.51. The van der Waals surface area contributed by atoms with E-state index in [4.69, 9.17) is 4.74 Å². The van der Waals surface area contributed by atoms with E-state index >= 15 is 0 Å². The molecule has 0 unspecified atom stereocenters. The Morgan fingerprint density at radius 2 is 2.42 bits per heavy atom. The lowest BCUT2D eigenvalue weighted by Gasteiger charge is -2.17. The van der Waals surface area contributed by atoms with Crippen molar-refractivity contribution in [2.75, 3.05) is 19.5 Å². The van der Waals surface area contributed by atoms with Crippen LogP contribution in [0.5, 0.6) is 0 Å². The molecule has 0 amide bonds. The van der Waals surface area contributed by atoms with Crippen molar-refractivity contribution >= 4 is 28.7 Å². The van der Waals surface area contributed by atoms with Crippen LogP contribution in [0.15, 0.2) is 23.4 Å². The molecule has 0 bridgehead atoms. The first-order valence-corrected chi connectivity index (χ1v) is 4.51. The van der Waals surface area contributed by atoms with E-state index in [0.29, 0.717) is 0 Å². The van der Waals surface area contributed by atoms with E-state index in [9.17, 15) is 0 Å². The van der Waals surface area contributed by atoms with Crippen LogP contribution in [0.1, 0.15) is 6.92 Å². The molecule has 0 aromatic carbocycles. The van der Waals surface area contributed by atoms with Crippen LogP contribution < -0.4 is 0 Å². The van der Waals surface area contributed by atoms with Crippen LogP contribution in [0.3, 0.4) is 0 Å². The highest BCUT2D eigenvalue weighted by atomic mass is 79.9. The zero-order chi connectivity index (χ0) is 8.27. The third-order valence-corrected chi connectivity index (χ3v) is 2.62. The number of hydrogen-bond acceptors (Lipinski definition) is 3. The van der Waals surface area contributed by atoms with Gasteiger partial charge in [0.2, 0.25) is 0 Å². The van der Waals surface area contributed by atoms with Crippen LogP contribution in [0, 0.1) is 0 Å². The maximum atomic E-state index is 5.23. The molecule has 1 aliphatic rings. The molecule has 0 aliphatic carbocycles. The number of thioether (sulfide) groups is 1. The second-order valence-electron chi connectivity index (χ2n) is 2.35. The number of methoxy groups -OCH3 is 1. The Morgan fingerprint density at radius 1 is 1.75 bits per heavy atom. The maximum absolute atomic E-state index is 5.23. The molecule has 0 atom stereocenters. The topological polar surface area (TPSA) is 12.5 Å². The second kappa shape index (κ2) is 5.54. The lowest BCUT2D eigenvalue weighted by molar-refractivity contribution is 0.182. The minimum atomic E-state index is 0. The highest BCUT2D eigenvalue weighted by Crippen LogP contribution is 2.31. The molecule has 0 aromatic rings. The molecule has 1 aliphatic heterocycles. The Labute approximate surface area is 88.4 Å². The molecule has 0 fully saturated rings. The standard InChI is InChI=1S/C8H13NOS.BrH/c1-4-5-9-6-11-7(2)8(9)10-3;/h4H,1,5-6H2,2-3H3;1H. The molecule has 0 saturated carbocycles. The third-order valence-electron chi connectivity index (χ3n) is 1.57. The summed E-state index contributed by atoms with van der Waals surface area (Å²) in [6.45, 7) is 6.63. The Hall–Kier alpha value is -0.0900. The predicted octanol–water partition coefficient (Wildman–Crippen LogP) is 2.59. The molecule has 0 saturated heterocycles. The zero-order valence-electron chi connectivity index (χ0n) is 7.37. The van der Waals surface area contributed by atoms with Crippen LogP contribution in [0.2, 0.25) is 0 Å². The highest BCUT2D eigenvalue weighted by Gasteiger charge is 2.19. The summed E-state index contributed by atoms with van der Waals surface area (Å²) in [6, 6.07) is 0. The minimum Gasteiger partial charge on any atom is -0.482 e. The molecule has 0 aromatic heterocycles. The number of ether oxygens (including phenoxy) is 1. The molecular formula is C8H14BrNOS. The van der Waals surface area contributed by atoms with Crippen molar-refractivity contribution in [2.45, 2.75) is 6.92 Å². The van der Waals surface area contributed by atoms with Gasteiger partial charge in [-0.3, -0.25) is 0 Å². The fourth-order valence-electron chi connectivity index (χ4n) is 1.08. The Bertz CT molecular complexity index is 193. The summed E-state index contributed by atoms with van der Waals surface area (Å²) in [6.07, 6.45) is 1.89. The van der Waals surface area contributed by atoms with Crippen molar-refractivity contribution in [3.05, 3.63) is 23.4 Å². The summed E-state index contributed by atoms with van der Waals surface area (Å²) in [4.78, 5) is 3.42. The average Bonchev–Trinajstić information content (AvgIpc) is 2.33. The van der Waals surface area contributed by atoms with Gasteiger partial charge in [-0.1, -0.05) is 6.08 Å². The summed E-state index contributed by atoms with van der Waals surface area (Å²) < 4.78 is 5.23. The van der Waals surface area contributed by atoms with Gasteiger partial charge in [-0.25, -0.2) is 0 Å². The first-order valence-electron chi connectivity index (χ1n) is 3.53. The van der Waals surface area contributed by atoms with Crippen molar-refractivity contribution in [2.24, 2.45) is 0 Å². The first-order chi connectivity index (χ1) is 5.29. The van der Waals surface area contributed by atoms with Gasteiger partial charge in [-0.15, -0.1) is 35.3 Å². The van der Waals surface area contributed by atoms with Crippen molar-refractivity contribution in [1.29, 1.82) is 0 Å². The fraction of sp³-hybridized carbons (Fsp3) is 0.500. The van der Waals surface area contributed by atoms with Crippen molar-refractivity contribution in [1.82, 2.24) is 4.90 Å². The minimum absolute atomic E-state index is 0. The number of allylic oxidation sites excluding steroid dienone is 1. The van der Waals surface area contributed by atoms with E-state index < -0.39 is 0 Å². The zero-order valence-corrected chi connectivity index (χ0v) is 9.90. The largest absolute Gasteiger partial charge is 0.482 e. The monoisotopic (exact) mass is 251 g/mol. The Balaban J connectivity index is 0.00000121. The average molecular weight is 252 g/mol. The smallest absolute Gasteiger partial charge is 0.199 e. The first kappa shape index (κ1) is 11.9. The molecule has 12 heavy (non-hydrogen) atoms. The van der Waals surface area contributed by atoms with Crippen LogP contribution in [-0.4, -0.2) is 24.4 Å². The summed E-state index contributed by atoms with van der Waals surface area (Å²) in [5, 5.41) is 0. The van der Waals surface area contributed by atoms with Crippen LogP contribution >= 0.6 is 28.7 Å². The lowest BCUT2D eigenvalue weighted by Crippen LogP contribution is -2.19. The number of rotatable bonds is 3. The SMILES string of the molecule is Br.C=CCN1CSC(C)=C1OC. The highest BCUT2D eigenvalue weighted by molar-refractivity contribution is 8.93. The van der Waals surface area contributed by atoms with Gasteiger partial charge in [0, 0.05) is 11.4 Å². The summed E-state index contributed by atoms with van der Waals surface area (Å²) in [5.74, 6) is 1.98. The molecular weight excluding hydrogens is 238 g/mol. The van der Waals surface area contributed by atoms with Gasteiger partial charge in [0.1, 0.15) is 0 Å². The van der Waals surface area contributed by atoms with E-state index in [1.54, 1.807) is 7.11 Å². The Morgan fingerprint density at radius 3 is 2.92 bits per heavy atom. The fourth-order valence-corrected chi connectivity index (χ4v) is 1.99. The van der Waals surface area contributed by atoms with Gasteiger partial charge in [0.15, 0.2) is 5.88 Å². The molecule has 0 N–H and O–H groups in total. The molecule has 1 heterocycles. The quantitative estimate of drug-likeness (QED) is 0.716. The van der Waals surface area contributed by atoms with Crippen molar-refractivity contribution in [3.63, 3.8) is 0 Å². The molecule has 4 heteroatoms. The summed E-state index contributed by atoms with van der Waals surface area (Å²) in [7, 11) is 1.71. The van der Waals surface area contributed by atoms with E-state index in [-0.39, 0.29) is 17.0 Å². The van der Waals surface area contributed by atoms with Gasteiger partial charge in [-0.2, -0.15) is 0 Å². The van der Waals surface area contributed by atoms with Gasteiger partial charge >= 0.3 is 0 Å². The number of hydrogen-bond donors (Lipinski definition) is 0. The third kappa shape index (κ3) is 2.45.